The van der Waals surface area contributed by atoms with Crippen molar-refractivity contribution < 1.29 is 77.6 Å². The minimum absolute atomic E-state index is 0.00524. The molecule has 1 saturated heterocycles. The summed E-state index contributed by atoms with van der Waals surface area (Å²) in [6.07, 6.45) is 1.02. The molecule has 1 aromatic heterocycles. The number of aromatic amines is 1. The van der Waals surface area contributed by atoms with E-state index in [1.807, 2.05) is 0 Å². The molecule has 476 valence electrons. The SMILES string of the molecule is CC(C)C[C@H](NC(=O)[C@H](Cc1ccccc1)NC(=O)[C@H](CC(=O)O)NC(=O)[C@@H](NC(=O)[C@H](CC(C)C)NC(=O)[C@H](CC(C)C)NC(=O)[C@H](Cc1cnc[nH]1)NC(=O)[C@H](CCC(=O)O)NC(=O)[C@@H]1CCCN1)C(C)C)C(=O)N[C@@H](CCC(N)=O)C(=O)O. The van der Waals surface area contributed by atoms with E-state index >= 15 is 0 Å². The number of amides is 10. The number of hydrogen-bond donors (Lipinski definition) is 15. The molecular weight excluding hydrogens is 1120 g/mol. The number of carboxylic acid groups (broad SMARTS) is 3. The molecule has 1 aliphatic rings. The summed E-state index contributed by atoms with van der Waals surface area (Å²) in [5.41, 5.74) is 6.10. The molecule has 86 heavy (non-hydrogen) atoms. The third-order valence-corrected chi connectivity index (χ3v) is 13.8. The zero-order valence-corrected chi connectivity index (χ0v) is 50.0. The summed E-state index contributed by atoms with van der Waals surface area (Å²) < 4.78 is 0. The highest BCUT2D eigenvalue weighted by Gasteiger charge is 2.38. The van der Waals surface area contributed by atoms with E-state index < -0.39 is 156 Å². The molecule has 0 spiro atoms. The Bertz CT molecular complexity index is 2650. The molecule has 0 unspecified atom stereocenters. The van der Waals surface area contributed by atoms with Gasteiger partial charge in [0, 0.05) is 37.6 Å². The highest BCUT2D eigenvalue weighted by Crippen LogP contribution is 2.15. The van der Waals surface area contributed by atoms with Gasteiger partial charge >= 0.3 is 17.9 Å². The Kier molecular flexibility index (Phi) is 29.8. The zero-order valence-electron chi connectivity index (χ0n) is 50.0. The fourth-order valence-corrected chi connectivity index (χ4v) is 9.32. The monoisotopic (exact) mass is 1210 g/mol. The van der Waals surface area contributed by atoms with Crippen molar-refractivity contribution in [2.45, 2.75) is 193 Å². The van der Waals surface area contributed by atoms with Crippen LogP contribution < -0.4 is 58.9 Å². The van der Waals surface area contributed by atoms with Crippen molar-refractivity contribution in [3.8, 4) is 0 Å². The van der Waals surface area contributed by atoms with E-state index in [1.54, 1.807) is 85.7 Å². The number of H-pyrrole nitrogens is 1. The number of carboxylic acids is 3. The second-order valence-corrected chi connectivity index (χ2v) is 23.1. The van der Waals surface area contributed by atoms with E-state index in [-0.39, 0.29) is 69.1 Å². The maximum atomic E-state index is 14.4. The fourth-order valence-electron chi connectivity index (χ4n) is 9.32. The van der Waals surface area contributed by atoms with Crippen LogP contribution in [0, 0.1) is 23.7 Å². The highest BCUT2D eigenvalue weighted by molar-refractivity contribution is 5.99. The summed E-state index contributed by atoms with van der Waals surface area (Å²) >= 11 is 0. The highest BCUT2D eigenvalue weighted by atomic mass is 16.4. The van der Waals surface area contributed by atoms with Crippen LogP contribution in [0.5, 0.6) is 0 Å². The van der Waals surface area contributed by atoms with E-state index in [0.717, 1.165) is 0 Å². The third-order valence-electron chi connectivity index (χ3n) is 13.8. The number of aromatic nitrogens is 2. The number of nitrogens with two attached hydrogens (primary N) is 1. The number of rotatable bonds is 38. The first kappa shape index (κ1) is 71.8. The number of carbonyl (C=O) groups is 13. The maximum Gasteiger partial charge on any atom is 0.326 e. The van der Waals surface area contributed by atoms with Gasteiger partial charge in [0.2, 0.25) is 59.1 Å². The molecule has 0 bridgehead atoms. The summed E-state index contributed by atoms with van der Waals surface area (Å²) in [6, 6.07) is -5.62. The Morgan fingerprint density at radius 3 is 1.43 bits per heavy atom. The number of imidazole rings is 1. The molecule has 1 aromatic carbocycles. The Labute approximate surface area is 499 Å². The first-order valence-corrected chi connectivity index (χ1v) is 28.9. The number of aliphatic carboxylic acids is 3. The maximum absolute atomic E-state index is 14.4. The van der Waals surface area contributed by atoms with Gasteiger partial charge in [0.1, 0.15) is 54.4 Å². The number of nitrogens with one attached hydrogen (secondary N) is 11. The number of primary amides is 1. The third kappa shape index (κ3) is 25.8. The summed E-state index contributed by atoms with van der Waals surface area (Å²) in [6.45, 7) is 14.2. The molecule has 1 fully saturated rings. The Morgan fingerprint density at radius 2 is 0.988 bits per heavy atom. The average Bonchev–Trinajstić information content (AvgIpc) is 3.51. The zero-order chi connectivity index (χ0) is 64.4. The van der Waals surface area contributed by atoms with Gasteiger partial charge in [0.15, 0.2) is 0 Å². The molecule has 10 atom stereocenters. The van der Waals surface area contributed by atoms with Crippen LogP contribution >= 0.6 is 0 Å². The van der Waals surface area contributed by atoms with Gasteiger partial charge in [-0.1, -0.05) is 85.7 Å². The summed E-state index contributed by atoms with van der Waals surface area (Å²) in [5, 5.41) is 55.2. The normalized spacial score (nSPS) is 16.2. The van der Waals surface area contributed by atoms with Crippen molar-refractivity contribution >= 4 is 77.0 Å². The predicted octanol–water partition coefficient (Wildman–Crippen LogP) is -1.21. The summed E-state index contributed by atoms with van der Waals surface area (Å²) in [5.74, 6) is -14.5. The van der Waals surface area contributed by atoms with Gasteiger partial charge in [0.25, 0.3) is 0 Å². The standard InChI is InChI=1S/C57H87N13O16/c1-29(2)21-38(50(78)63-37(57(85)86)16-18-44(58)71)64-52(80)41(24-33-13-10-9-11-14-33)67-54(82)43(26-46(74)75)69-56(84)47(32(7)8)70-55(83)40(23-31(5)6)66-51(79)39(22-30(3)4)65-53(81)42(25-34-27-59-28-61-34)68-49(77)36(17-19-45(72)73)62-48(76)35-15-12-20-60-35/h9-11,13-14,27-32,35-43,47,60H,12,15-26H2,1-8H3,(H2,58,71)(H,59,61)(H,62,76)(H,63,78)(H,64,80)(H,65,81)(H,66,79)(H,67,82)(H,68,77)(H,69,84)(H,70,83)(H,72,73)(H,74,75)(H,85,86)/t35-,36-,37-,38-,39-,40-,41-,42-,43-,47-/m0/s1. The number of nitrogens with zero attached hydrogens (tertiary/aromatic N) is 1. The van der Waals surface area contributed by atoms with Crippen molar-refractivity contribution in [1.29, 1.82) is 0 Å². The van der Waals surface area contributed by atoms with E-state index in [0.29, 0.717) is 30.6 Å². The van der Waals surface area contributed by atoms with Gasteiger partial charge in [-0.15, -0.1) is 0 Å². The Hall–Kier alpha value is -8.50. The molecule has 16 N–H and O–H groups in total. The molecule has 2 heterocycles. The molecule has 29 nitrogen and oxygen atoms in total. The van der Waals surface area contributed by atoms with Crippen molar-refractivity contribution in [3.05, 3.63) is 54.1 Å². The topological polar surface area (TPSA) is 458 Å². The Balaban J connectivity index is 1.89. The second-order valence-electron chi connectivity index (χ2n) is 23.1. The molecular formula is C57H87N13O16. The van der Waals surface area contributed by atoms with Gasteiger partial charge in [-0.2, -0.15) is 0 Å². The molecule has 1 aliphatic heterocycles. The van der Waals surface area contributed by atoms with Crippen molar-refractivity contribution in [2.75, 3.05) is 6.54 Å². The van der Waals surface area contributed by atoms with Gasteiger partial charge in [-0.05, 0) is 80.7 Å². The molecule has 0 saturated carbocycles. The lowest BCUT2D eigenvalue weighted by molar-refractivity contribution is -0.143. The smallest absolute Gasteiger partial charge is 0.326 e. The average molecular weight is 1210 g/mol. The molecule has 2 aromatic rings. The first-order chi connectivity index (χ1) is 40.4. The largest absolute Gasteiger partial charge is 0.481 e. The van der Waals surface area contributed by atoms with E-state index in [2.05, 4.69) is 63.1 Å². The van der Waals surface area contributed by atoms with Gasteiger partial charge in [-0.3, -0.25) is 57.5 Å². The number of benzene rings is 1. The van der Waals surface area contributed by atoms with Gasteiger partial charge in [-0.25, -0.2) is 9.78 Å². The van der Waals surface area contributed by atoms with Crippen LogP contribution in [0.1, 0.15) is 131 Å². The van der Waals surface area contributed by atoms with Crippen molar-refractivity contribution in [1.82, 2.24) is 63.1 Å². The van der Waals surface area contributed by atoms with Crippen LogP contribution in [0.2, 0.25) is 0 Å². The lowest BCUT2D eigenvalue weighted by Gasteiger charge is -2.30. The van der Waals surface area contributed by atoms with Gasteiger partial charge < -0.3 is 79.2 Å². The minimum Gasteiger partial charge on any atom is -0.481 e. The van der Waals surface area contributed by atoms with E-state index in [9.17, 15) is 77.6 Å². The Morgan fingerprint density at radius 1 is 0.535 bits per heavy atom. The van der Waals surface area contributed by atoms with E-state index in [1.165, 1.54) is 12.5 Å². The lowest BCUT2D eigenvalue weighted by Crippen LogP contribution is -2.61. The quantitative estimate of drug-likeness (QED) is 0.0375. The fraction of sp³-hybridized carbons (Fsp3) is 0.614. The van der Waals surface area contributed by atoms with E-state index in [4.69, 9.17) is 5.73 Å². The van der Waals surface area contributed by atoms with Crippen molar-refractivity contribution in [3.63, 3.8) is 0 Å². The number of carbonyl (C=O) groups excluding carboxylic acids is 10. The molecule has 0 radical (unpaired) electrons. The molecule has 10 amide bonds. The van der Waals surface area contributed by atoms with Crippen LogP contribution in [0.4, 0.5) is 0 Å². The molecule has 29 heteroatoms. The van der Waals surface area contributed by atoms with Gasteiger partial charge in [0.05, 0.1) is 18.8 Å². The molecule has 0 aliphatic carbocycles. The molecule has 3 rings (SSSR count). The number of hydrogen-bond acceptors (Lipinski definition) is 15. The van der Waals surface area contributed by atoms with Crippen LogP contribution in [-0.2, 0) is 75.2 Å². The van der Waals surface area contributed by atoms with Crippen molar-refractivity contribution in [2.24, 2.45) is 29.4 Å². The van der Waals surface area contributed by atoms with Crippen LogP contribution in [0.3, 0.4) is 0 Å². The minimum atomic E-state index is -1.88. The first-order valence-electron chi connectivity index (χ1n) is 28.9. The second kappa shape index (κ2) is 35.7. The van der Waals surface area contributed by atoms with Crippen LogP contribution in [0.15, 0.2) is 42.9 Å². The lowest BCUT2D eigenvalue weighted by atomic mass is 9.98. The summed E-state index contributed by atoms with van der Waals surface area (Å²) in [4.78, 5) is 180. The summed E-state index contributed by atoms with van der Waals surface area (Å²) in [7, 11) is 0. The van der Waals surface area contributed by atoms with Crippen LogP contribution in [-0.4, -0.2) is 169 Å². The predicted molar refractivity (Wildman–Crippen MR) is 309 cm³/mol. The van der Waals surface area contributed by atoms with Crippen LogP contribution in [0.25, 0.3) is 0 Å².